The van der Waals surface area contributed by atoms with Crippen LogP contribution in [-0.4, -0.2) is 74.3 Å². The van der Waals surface area contributed by atoms with Crippen molar-refractivity contribution in [3.63, 3.8) is 0 Å². The SMILES string of the molecule is CC(=O)N1CCc2cc(S(=O)(=O)N3CCNCC3C(F)(F)F)ccc21.O=C(O)C(F)(F)F. The summed E-state index contributed by atoms with van der Waals surface area (Å²) in [6.07, 6.45) is -9.26. The van der Waals surface area contributed by atoms with Gasteiger partial charge in [0.1, 0.15) is 6.04 Å². The molecule has 32 heavy (non-hydrogen) atoms. The number of sulfonamides is 1. The summed E-state index contributed by atoms with van der Waals surface area (Å²) in [6.45, 7) is 1.30. The zero-order valence-electron chi connectivity index (χ0n) is 16.5. The predicted molar refractivity (Wildman–Crippen MR) is 98.5 cm³/mol. The first-order valence-corrected chi connectivity index (χ1v) is 10.5. The monoisotopic (exact) mass is 491 g/mol. The van der Waals surface area contributed by atoms with Crippen LogP contribution in [-0.2, 0) is 26.0 Å². The minimum Gasteiger partial charge on any atom is -0.475 e. The third kappa shape index (κ3) is 5.69. The van der Waals surface area contributed by atoms with Crippen molar-refractivity contribution in [1.82, 2.24) is 9.62 Å². The zero-order valence-corrected chi connectivity index (χ0v) is 17.3. The number of benzene rings is 1. The van der Waals surface area contributed by atoms with Gasteiger partial charge in [0.2, 0.25) is 15.9 Å². The number of alkyl halides is 6. The molecule has 1 amide bonds. The number of carboxylic acid groups (broad SMARTS) is 1. The second-order valence-corrected chi connectivity index (χ2v) is 8.78. The van der Waals surface area contributed by atoms with Gasteiger partial charge < -0.3 is 15.3 Å². The van der Waals surface area contributed by atoms with E-state index in [1.54, 1.807) is 0 Å². The number of anilines is 1. The van der Waals surface area contributed by atoms with Crippen molar-refractivity contribution in [1.29, 1.82) is 0 Å². The average molecular weight is 491 g/mol. The molecule has 0 radical (unpaired) electrons. The zero-order chi connectivity index (χ0) is 24.5. The number of amides is 1. The maximum absolute atomic E-state index is 13.2. The third-order valence-electron chi connectivity index (χ3n) is 4.75. The molecular formula is C17H19F6N3O5S. The second kappa shape index (κ2) is 9.23. The van der Waals surface area contributed by atoms with E-state index in [-0.39, 0.29) is 23.9 Å². The molecule has 1 saturated heterocycles. The molecule has 8 nitrogen and oxygen atoms in total. The van der Waals surface area contributed by atoms with Gasteiger partial charge in [0.15, 0.2) is 0 Å². The summed E-state index contributed by atoms with van der Waals surface area (Å²) < 4.78 is 97.4. The van der Waals surface area contributed by atoms with Gasteiger partial charge in [-0.05, 0) is 30.2 Å². The van der Waals surface area contributed by atoms with Crippen LogP contribution in [0.3, 0.4) is 0 Å². The summed E-state index contributed by atoms with van der Waals surface area (Å²) in [6, 6.07) is 2.04. The summed E-state index contributed by atoms with van der Waals surface area (Å²) in [5.41, 5.74) is 1.26. The van der Waals surface area contributed by atoms with Crippen LogP contribution in [0.4, 0.5) is 32.0 Å². The van der Waals surface area contributed by atoms with Crippen LogP contribution in [0.5, 0.6) is 0 Å². The fourth-order valence-corrected chi connectivity index (χ4v) is 4.92. The number of carboxylic acids is 1. The molecule has 15 heteroatoms. The number of piperazine rings is 1. The van der Waals surface area contributed by atoms with Crippen LogP contribution in [0.15, 0.2) is 23.1 Å². The molecule has 0 bridgehead atoms. The maximum Gasteiger partial charge on any atom is 0.490 e. The van der Waals surface area contributed by atoms with Crippen LogP contribution in [0, 0.1) is 0 Å². The Morgan fingerprint density at radius 2 is 1.72 bits per heavy atom. The van der Waals surface area contributed by atoms with E-state index in [4.69, 9.17) is 9.90 Å². The Labute approximate surface area is 178 Å². The highest BCUT2D eigenvalue weighted by Crippen LogP contribution is 2.34. The van der Waals surface area contributed by atoms with Gasteiger partial charge in [0, 0.05) is 38.8 Å². The van der Waals surface area contributed by atoms with Crippen molar-refractivity contribution in [3.05, 3.63) is 23.8 Å². The summed E-state index contributed by atoms with van der Waals surface area (Å²) in [5.74, 6) is -2.92. The first kappa shape index (κ1) is 25.9. The molecular weight excluding hydrogens is 472 g/mol. The largest absolute Gasteiger partial charge is 0.490 e. The Hall–Kier alpha value is -2.39. The minimum absolute atomic E-state index is 0.159. The molecule has 0 aliphatic carbocycles. The lowest BCUT2D eigenvalue weighted by atomic mass is 10.2. The van der Waals surface area contributed by atoms with E-state index in [9.17, 15) is 39.6 Å². The highest BCUT2D eigenvalue weighted by Gasteiger charge is 2.49. The highest BCUT2D eigenvalue weighted by atomic mass is 32.2. The number of hydrogen-bond acceptors (Lipinski definition) is 5. The Morgan fingerprint density at radius 1 is 1.12 bits per heavy atom. The quantitative estimate of drug-likeness (QED) is 0.611. The van der Waals surface area contributed by atoms with E-state index >= 15 is 0 Å². The number of fused-ring (bicyclic) bond motifs is 1. The maximum atomic E-state index is 13.2. The van der Waals surface area contributed by atoms with Crippen LogP contribution in [0.25, 0.3) is 0 Å². The molecule has 1 unspecified atom stereocenters. The first-order chi connectivity index (χ1) is 14.6. The smallest absolute Gasteiger partial charge is 0.475 e. The lowest BCUT2D eigenvalue weighted by Crippen LogP contribution is -2.59. The lowest BCUT2D eigenvalue weighted by Gasteiger charge is -2.36. The summed E-state index contributed by atoms with van der Waals surface area (Å²) >= 11 is 0. The van der Waals surface area contributed by atoms with Gasteiger partial charge in [-0.2, -0.15) is 30.6 Å². The number of nitrogens with zero attached hydrogens (tertiary/aromatic N) is 2. The molecule has 0 spiro atoms. The van der Waals surface area contributed by atoms with Gasteiger partial charge >= 0.3 is 18.3 Å². The molecule has 1 atom stereocenters. The molecule has 1 fully saturated rings. The highest BCUT2D eigenvalue weighted by molar-refractivity contribution is 7.89. The van der Waals surface area contributed by atoms with Crippen molar-refractivity contribution in [2.24, 2.45) is 0 Å². The fourth-order valence-electron chi connectivity index (χ4n) is 3.25. The Bertz CT molecular complexity index is 980. The van der Waals surface area contributed by atoms with Gasteiger partial charge in [0.25, 0.3) is 0 Å². The van der Waals surface area contributed by atoms with Crippen molar-refractivity contribution in [3.8, 4) is 0 Å². The standard InChI is InChI=1S/C15H18F3N3O3S.C2HF3O2/c1-10(22)20-6-4-11-8-12(2-3-13(11)20)25(23,24)21-7-5-19-9-14(21)15(16,17)18;3-2(4,5)1(6)7/h2-3,8,14,19H,4-7,9H2,1H3;(H,6,7). The number of aliphatic carboxylic acids is 1. The average Bonchev–Trinajstić information content (AvgIpc) is 3.10. The van der Waals surface area contributed by atoms with Gasteiger partial charge in [-0.15, -0.1) is 0 Å². The molecule has 3 rings (SSSR count). The number of nitrogens with one attached hydrogen (secondary N) is 1. The molecule has 180 valence electrons. The molecule has 2 aliphatic heterocycles. The molecule has 2 heterocycles. The summed E-state index contributed by atoms with van der Waals surface area (Å²) in [7, 11) is -4.28. The lowest BCUT2D eigenvalue weighted by molar-refractivity contribution is -0.192. The van der Waals surface area contributed by atoms with Crippen LogP contribution in [0.1, 0.15) is 12.5 Å². The van der Waals surface area contributed by atoms with Crippen molar-refractivity contribution in [2.45, 2.75) is 36.6 Å². The number of hydrogen-bond donors (Lipinski definition) is 2. The summed E-state index contributed by atoms with van der Waals surface area (Å²) in [4.78, 5) is 21.8. The topological polar surface area (TPSA) is 107 Å². The number of carbonyl (C=O) groups excluding carboxylic acids is 1. The van der Waals surface area contributed by atoms with Crippen LogP contribution < -0.4 is 10.2 Å². The van der Waals surface area contributed by atoms with E-state index in [1.807, 2.05) is 0 Å². The molecule has 1 aromatic carbocycles. The Balaban J connectivity index is 0.000000451. The first-order valence-electron chi connectivity index (χ1n) is 9.07. The molecule has 2 N–H and O–H groups in total. The number of rotatable bonds is 2. The minimum atomic E-state index is -5.08. The van der Waals surface area contributed by atoms with Gasteiger partial charge in [-0.1, -0.05) is 0 Å². The van der Waals surface area contributed by atoms with E-state index in [1.165, 1.54) is 30.0 Å². The van der Waals surface area contributed by atoms with E-state index < -0.39 is 40.9 Å². The molecule has 2 aliphatic rings. The van der Waals surface area contributed by atoms with E-state index in [2.05, 4.69) is 5.32 Å². The van der Waals surface area contributed by atoms with Crippen molar-refractivity contribution in [2.75, 3.05) is 31.1 Å². The summed E-state index contributed by atoms with van der Waals surface area (Å²) in [5, 5.41) is 9.71. The predicted octanol–water partition coefficient (Wildman–Crippen LogP) is 1.75. The number of carbonyl (C=O) groups is 2. The van der Waals surface area contributed by atoms with E-state index in [0.717, 1.165) is 0 Å². The molecule has 0 saturated carbocycles. The molecule has 1 aromatic rings. The van der Waals surface area contributed by atoms with Gasteiger partial charge in [-0.3, -0.25) is 4.79 Å². The van der Waals surface area contributed by atoms with Crippen LogP contribution >= 0.6 is 0 Å². The van der Waals surface area contributed by atoms with E-state index in [0.29, 0.717) is 28.5 Å². The van der Waals surface area contributed by atoms with Crippen molar-refractivity contribution < 1.29 is 49.5 Å². The van der Waals surface area contributed by atoms with Crippen LogP contribution in [0.2, 0.25) is 0 Å². The van der Waals surface area contributed by atoms with Gasteiger partial charge in [0.05, 0.1) is 4.90 Å². The molecule has 0 aromatic heterocycles. The van der Waals surface area contributed by atoms with Gasteiger partial charge in [-0.25, -0.2) is 13.2 Å². The number of halogens is 6. The third-order valence-corrected chi connectivity index (χ3v) is 6.65. The van der Waals surface area contributed by atoms with Crippen molar-refractivity contribution >= 4 is 27.6 Å². The Morgan fingerprint density at radius 3 is 2.22 bits per heavy atom. The fraction of sp³-hybridized carbons (Fsp3) is 0.529. The second-order valence-electron chi connectivity index (χ2n) is 6.89. The Kier molecular flexibility index (Phi) is 7.46. The normalized spacial score (nSPS) is 19.7.